The summed E-state index contributed by atoms with van der Waals surface area (Å²) in [6.07, 6.45) is 2.70. The molecule has 1 aliphatic rings. The molecule has 23 heavy (non-hydrogen) atoms. The highest BCUT2D eigenvalue weighted by atomic mass is 19.1. The standard InChI is InChI=1S/C16H26FN3O3/c1-16(2,3)23-15(21)18-13-10-19(7-8-22-4)11-14(13)20-6-5-12(17)9-20/h5-6,9,13-14H,7-8,10-11H2,1-4H3,(H,18,21)/t13-,14-/m1/s1. The van der Waals surface area contributed by atoms with Gasteiger partial charge in [0.2, 0.25) is 0 Å². The van der Waals surface area contributed by atoms with Crippen LogP contribution in [0.1, 0.15) is 26.8 Å². The second-order valence-corrected chi connectivity index (χ2v) is 6.85. The van der Waals surface area contributed by atoms with Crippen LogP contribution in [-0.2, 0) is 9.47 Å². The molecule has 1 saturated heterocycles. The Morgan fingerprint density at radius 1 is 1.43 bits per heavy atom. The number of methoxy groups -OCH3 is 1. The third kappa shape index (κ3) is 5.21. The Morgan fingerprint density at radius 2 is 2.17 bits per heavy atom. The molecule has 1 amide bonds. The number of aromatic nitrogens is 1. The number of likely N-dealkylation sites (tertiary alicyclic amines) is 1. The predicted molar refractivity (Wildman–Crippen MR) is 84.9 cm³/mol. The maximum atomic E-state index is 13.3. The van der Waals surface area contributed by atoms with Crippen molar-refractivity contribution in [2.45, 2.75) is 38.5 Å². The van der Waals surface area contributed by atoms with E-state index in [1.807, 2.05) is 25.3 Å². The zero-order chi connectivity index (χ0) is 17.0. The number of halogens is 1. The van der Waals surface area contributed by atoms with E-state index in [9.17, 15) is 9.18 Å². The van der Waals surface area contributed by atoms with Gasteiger partial charge in [-0.3, -0.25) is 4.90 Å². The molecular formula is C16H26FN3O3. The van der Waals surface area contributed by atoms with Crippen LogP contribution in [-0.4, -0.2) is 60.6 Å². The van der Waals surface area contributed by atoms with E-state index >= 15 is 0 Å². The van der Waals surface area contributed by atoms with Crippen LogP contribution in [0, 0.1) is 5.82 Å². The summed E-state index contributed by atoms with van der Waals surface area (Å²) in [6, 6.07) is 1.24. The maximum Gasteiger partial charge on any atom is 0.407 e. The maximum absolute atomic E-state index is 13.3. The summed E-state index contributed by atoms with van der Waals surface area (Å²) in [5.74, 6) is -0.281. The molecule has 1 aliphatic heterocycles. The minimum absolute atomic E-state index is 0.0381. The highest BCUT2D eigenvalue weighted by Gasteiger charge is 2.35. The van der Waals surface area contributed by atoms with Crippen molar-refractivity contribution in [1.29, 1.82) is 0 Å². The SMILES string of the molecule is COCCN1C[C@@H](n2ccc(F)c2)[C@H](NC(=O)OC(C)(C)C)C1. The Balaban J connectivity index is 2.05. The van der Waals surface area contributed by atoms with E-state index < -0.39 is 11.7 Å². The summed E-state index contributed by atoms with van der Waals surface area (Å²) < 4.78 is 25.6. The Labute approximate surface area is 136 Å². The number of nitrogens with zero attached hydrogens (tertiary/aromatic N) is 2. The van der Waals surface area contributed by atoms with Crippen LogP contribution in [0.15, 0.2) is 18.5 Å². The molecule has 2 atom stereocenters. The number of carbonyl (C=O) groups excluding carboxylic acids is 1. The quantitative estimate of drug-likeness (QED) is 0.899. The van der Waals surface area contributed by atoms with Crippen LogP contribution in [0.2, 0.25) is 0 Å². The average Bonchev–Trinajstić information content (AvgIpc) is 3.00. The molecular weight excluding hydrogens is 301 g/mol. The zero-order valence-electron chi connectivity index (χ0n) is 14.2. The van der Waals surface area contributed by atoms with Crippen molar-refractivity contribution in [3.63, 3.8) is 0 Å². The lowest BCUT2D eigenvalue weighted by Gasteiger charge is -2.24. The first kappa shape index (κ1) is 17.7. The fraction of sp³-hybridized carbons (Fsp3) is 0.688. The third-order valence-corrected chi connectivity index (χ3v) is 3.74. The Morgan fingerprint density at radius 3 is 2.74 bits per heavy atom. The molecule has 0 aromatic carbocycles. The number of amides is 1. The molecule has 0 aliphatic carbocycles. The Bertz CT molecular complexity index is 527. The van der Waals surface area contributed by atoms with Gasteiger partial charge in [-0.1, -0.05) is 0 Å². The van der Waals surface area contributed by atoms with Crippen molar-refractivity contribution < 1.29 is 18.7 Å². The molecule has 0 saturated carbocycles. The first-order valence-corrected chi connectivity index (χ1v) is 7.82. The summed E-state index contributed by atoms with van der Waals surface area (Å²) in [5.41, 5.74) is -0.548. The van der Waals surface area contributed by atoms with Crippen molar-refractivity contribution in [2.75, 3.05) is 33.4 Å². The molecule has 1 aromatic rings. The van der Waals surface area contributed by atoms with Crippen molar-refractivity contribution >= 4 is 6.09 Å². The number of hydrogen-bond donors (Lipinski definition) is 1. The fourth-order valence-corrected chi connectivity index (χ4v) is 2.76. The highest BCUT2D eigenvalue weighted by molar-refractivity contribution is 5.68. The van der Waals surface area contributed by atoms with E-state index in [0.29, 0.717) is 13.2 Å². The van der Waals surface area contributed by atoms with E-state index in [-0.39, 0.29) is 17.9 Å². The normalized spacial score (nSPS) is 22.3. The molecule has 1 N–H and O–H groups in total. The lowest BCUT2D eigenvalue weighted by atomic mass is 10.1. The lowest BCUT2D eigenvalue weighted by Crippen LogP contribution is -2.43. The van der Waals surface area contributed by atoms with Gasteiger partial charge >= 0.3 is 6.09 Å². The van der Waals surface area contributed by atoms with Crippen molar-refractivity contribution in [3.8, 4) is 0 Å². The van der Waals surface area contributed by atoms with Crippen LogP contribution in [0.5, 0.6) is 0 Å². The summed E-state index contributed by atoms with van der Waals surface area (Å²) >= 11 is 0. The fourth-order valence-electron chi connectivity index (χ4n) is 2.76. The van der Waals surface area contributed by atoms with Crippen LogP contribution in [0.3, 0.4) is 0 Å². The van der Waals surface area contributed by atoms with Crippen LogP contribution < -0.4 is 5.32 Å². The molecule has 7 heteroatoms. The molecule has 0 spiro atoms. The third-order valence-electron chi connectivity index (χ3n) is 3.74. The van der Waals surface area contributed by atoms with Crippen LogP contribution in [0.25, 0.3) is 0 Å². The van der Waals surface area contributed by atoms with Gasteiger partial charge in [-0.05, 0) is 26.8 Å². The Hall–Kier alpha value is -1.60. The number of nitrogens with one attached hydrogen (secondary N) is 1. The first-order valence-electron chi connectivity index (χ1n) is 7.82. The topological polar surface area (TPSA) is 55.7 Å². The summed E-state index contributed by atoms with van der Waals surface area (Å²) in [7, 11) is 1.66. The van der Waals surface area contributed by atoms with Gasteiger partial charge in [-0.25, -0.2) is 9.18 Å². The molecule has 2 heterocycles. The van der Waals surface area contributed by atoms with E-state index in [0.717, 1.165) is 13.1 Å². The van der Waals surface area contributed by atoms with Gasteiger partial charge in [0, 0.05) is 39.1 Å². The zero-order valence-corrected chi connectivity index (χ0v) is 14.2. The van der Waals surface area contributed by atoms with Gasteiger partial charge in [0.25, 0.3) is 0 Å². The van der Waals surface area contributed by atoms with Gasteiger partial charge in [-0.2, -0.15) is 0 Å². The second kappa shape index (κ2) is 7.31. The summed E-state index contributed by atoms with van der Waals surface area (Å²) in [6.45, 7) is 8.25. The molecule has 130 valence electrons. The number of rotatable bonds is 5. The minimum atomic E-state index is -0.548. The largest absolute Gasteiger partial charge is 0.444 e. The van der Waals surface area contributed by atoms with Crippen molar-refractivity contribution in [1.82, 2.24) is 14.8 Å². The first-order chi connectivity index (χ1) is 10.8. The smallest absolute Gasteiger partial charge is 0.407 e. The summed E-state index contributed by atoms with van der Waals surface area (Å²) in [5, 5.41) is 2.91. The number of alkyl carbamates (subject to hydrolysis) is 1. The monoisotopic (exact) mass is 327 g/mol. The number of ether oxygens (including phenoxy) is 2. The molecule has 0 unspecified atom stereocenters. The number of hydrogen-bond acceptors (Lipinski definition) is 4. The molecule has 1 aromatic heterocycles. The van der Waals surface area contributed by atoms with Gasteiger partial charge in [0.05, 0.1) is 18.7 Å². The average molecular weight is 327 g/mol. The van der Waals surface area contributed by atoms with E-state index in [1.165, 1.54) is 12.3 Å². The molecule has 2 rings (SSSR count). The minimum Gasteiger partial charge on any atom is -0.444 e. The van der Waals surface area contributed by atoms with Crippen molar-refractivity contribution in [2.24, 2.45) is 0 Å². The van der Waals surface area contributed by atoms with Gasteiger partial charge in [-0.15, -0.1) is 0 Å². The highest BCUT2D eigenvalue weighted by Crippen LogP contribution is 2.23. The van der Waals surface area contributed by atoms with Crippen molar-refractivity contribution in [3.05, 3.63) is 24.3 Å². The van der Waals surface area contributed by atoms with Crippen LogP contribution >= 0.6 is 0 Å². The Kier molecular flexibility index (Phi) is 5.64. The molecule has 1 fully saturated rings. The molecule has 0 bridgehead atoms. The number of carbonyl (C=O) groups is 1. The van der Waals surface area contributed by atoms with E-state index in [2.05, 4.69) is 10.2 Å². The van der Waals surface area contributed by atoms with E-state index in [1.54, 1.807) is 13.3 Å². The van der Waals surface area contributed by atoms with E-state index in [4.69, 9.17) is 9.47 Å². The second-order valence-electron chi connectivity index (χ2n) is 6.85. The van der Waals surface area contributed by atoms with Gasteiger partial charge < -0.3 is 19.4 Å². The summed E-state index contributed by atoms with van der Waals surface area (Å²) in [4.78, 5) is 14.2. The van der Waals surface area contributed by atoms with Gasteiger partial charge in [0.15, 0.2) is 0 Å². The molecule has 6 nitrogen and oxygen atoms in total. The predicted octanol–water partition coefficient (Wildman–Crippen LogP) is 2.02. The lowest BCUT2D eigenvalue weighted by molar-refractivity contribution is 0.0496. The van der Waals surface area contributed by atoms with Gasteiger partial charge in [0.1, 0.15) is 11.4 Å². The molecule has 0 radical (unpaired) electrons. The van der Waals surface area contributed by atoms with Crippen LogP contribution in [0.4, 0.5) is 9.18 Å².